The molecule has 1 aliphatic heterocycles. The van der Waals surface area contributed by atoms with E-state index < -0.39 is 0 Å². The van der Waals surface area contributed by atoms with Gasteiger partial charge in [0.05, 0.1) is 12.3 Å². The van der Waals surface area contributed by atoms with Gasteiger partial charge in [-0.1, -0.05) is 71.9 Å². The number of thioether (sulfide) groups is 1. The molecular weight excluding hydrogens is 434 g/mol. The standard InChI is InChI=1S/C26H23N3O3S/c1-17-8-10-21(18(2)12-17)22(30)15-33-26-28-27-25(20-6-4-3-5-7-20)29(26)14-19-9-11-23-24(13-19)32-16-31-23/h3-13H,14-16H2,1-2H3. The number of fused-ring (bicyclic) bond motifs is 1. The van der Waals surface area contributed by atoms with Gasteiger partial charge in [0.1, 0.15) is 0 Å². The summed E-state index contributed by atoms with van der Waals surface area (Å²) in [6.07, 6.45) is 0. The highest BCUT2D eigenvalue weighted by molar-refractivity contribution is 7.99. The molecule has 0 atom stereocenters. The maximum absolute atomic E-state index is 12.9. The van der Waals surface area contributed by atoms with Crippen LogP contribution in [-0.4, -0.2) is 33.1 Å². The molecule has 0 fully saturated rings. The SMILES string of the molecule is Cc1ccc(C(=O)CSc2nnc(-c3ccccc3)n2Cc2ccc3c(c2)OCO3)c(C)c1. The molecule has 0 unspecified atom stereocenters. The van der Waals surface area contributed by atoms with E-state index in [9.17, 15) is 4.79 Å². The Hall–Kier alpha value is -3.58. The Labute approximate surface area is 196 Å². The van der Waals surface area contributed by atoms with Crippen LogP contribution in [0.4, 0.5) is 0 Å². The molecule has 1 aliphatic rings. The number of carbonyl (C=O) groups excluding carboxylic acids is 1. The highest BCUT2D eigenvalue weighted by atomic mass is 32.2. The van der Waals surface area contributed by atoms with Gasteiger partial charge in [0.2, 0.25) is 6.79 Å². The molecular formula is C26H23N3O3S. The lowest BCUT2D eigenvalue weighted by Crippen LogP contribution is -2.08. The number of aromatic nitrogens is 3. The van der Waals surface area contributed by atoms with E-state index in [0.29, 0.717) is 11.7 Å². The van der Waals surface area contributed by atoms with Gasteiger partial charge < -0.3 is 9.47 Å². The molecule has 0 radical (unpaired) electrons. The molecule has 2 heterocycles. The molecule has 33 heavy (non-hydrogen) atoms. The molecule has 0 aliphatic carbocycles. The minimum atomic E-state index is 0.0800. The quantitative estimate of drug-likeness (QED) is 0.277. The number of carbonyl (C=O) groups is 1. The van der Waals surface area contributed by atoms with Gasteiger partial charge in [-0.3, -0.25) is 9.36 Å². The maximum Gasteiger partial charge on any atom is 0.231 e. The van der Waals surface area contributed by atoms with Gasteiger partial charge in [-0.2, -0.15) is 0 Å². The number of ether oxygens (including phenoxy) is 2. The fraction of sp³-hybridized carbons (Fsp3) is 0.192. The summed E-state index contributed by atoms with van der Waals surface area (Å²) in [5, 5.41) is 9.59. The number of hydrogen-bond acceptors (Lipinski definition) is 6. The monoisotopic (exact) mass is 457 g/mol. The van der Waals surface area contributed by atoms with Crippen molar-refractivity contribution < 1.29 is 14.3 Å². The number of benzene rings is 3. The summed E-state index contributed by atoms with van der Waals surface area (Å²) in [4.78, 5) is 12.9. The Balaban J connectivity index is 1.43. The Morgan fingerprint density at radius 3 is 2.61 bits per heavy atom. The molecule has 166 valence electrons. The third kappa shape index (κ3) is 4.50. The number of hydrogen-bond donors (Lipinski definition) is 0. The Kier molecular flexibility index (Phi) is 5.88. The molecule has 0 saturated carbocycles. The average molecular weight is 458 g/mol. The van der Waals surface area contributed by atoms with Gasteiger partial charge in [0.15, 0.2) is 28.3 Å². The van der Waals surface area contributed by atoms with E-state index in [1.54, 1.807) is 0 Å². The topological polar surface area (TPSA) is 66.2 Å². The molecule has 3 aromatic carbocycles. The van der Waals surface area contributed by atoms with Gasteiger partial charge in [0, 0.05) is 11.1 Å². The number of ketones is 1. The zero-order valence-corrected chi connectivity index (χ0v) is 19.3. The molecule has 5 rings (SSSR count). The van der Waals surface area contributed by atoms with Crippen molar-refractivity contribution in [3.63, 3.8) is 0 Å². The van der Waals surface area contributed by atoms with Crippen LogP contribution >= 0.6 is 11.8 Å². The second-order valence-corrected chi connectivity index (χ2v) is 8.92. The smallest absolute Gasteiger partial charge is 0.231 e. The second-order valence-electron chi connectivity index (χ2n) is 7.98. The zero-order chi connectivity index (χ0) is 22.8. The summed E-state index contributed by atoms with van der Waals surface area (Å²) < 4.78 is 13.0. The van der Waals surface area contributed by atoms with Gasteiger partial charge >= 0.3 is 0 Å². The summed E-state index contributed by atoms with van der Waals surface area (Å²) in [6.45, 7) is 4.79. The van der Waals surface area contributed by atoms with Crippen molar-refractivity contribution in [2.75, 3.05) is 12.5 Å². The van der Waals surface area contributed by atoms with E-state index in [4.69, 9.17) is 9.47 Å². The molecule has 1 aromatic heterocycles. The van der Waals surface area contributed by atoms with Gasteiger partial charge in [-0.15, -0.1) is 10.2 Å². The van der Waals surface area contributed by atoms with Gasteiger partial charge in [0.25, 0.3) is 0 Å². The van der Waals surface area contributed by atoms with E-state index in [0.717, 1.165) is 45.1 Å². The van der Waals surface area contributed by atoms with Crippen LogP contribution in [-0.2, 0) is 6.54 Å². The minimum Gasteiger partial charge on any atom is -0.454 e. The van der Waals surface area contributed by atoms with Crippen LogP contribution in [0.5, 0.6) is 11.5 Å². The predicted octanol–water partition coefficient (Wildman–Crippen LogP) is 5.31. The second kappa shape index (κ2) is 9.11. The van der Waals surface area contributed by atoms with Crippen LogP contribution in [0.15, 0.2) is 71.9 Å². The van der Waals surface area contributed by atoms with Crippen LogP contribution in [0.25, 0.3) is 11.4 Å². The summed E-state index contributed by atoms with van der Waals surface area (Å²) in [6, 6.07) is 21.8. The molecule has 0 spiro atoms. The van der Waals surface area contributed by atoms with E-state index in [2.05, 4.69) is 10.2 Å². The van der Waals surface area contributed by atoms with E-state index in [1.165, 1.54) is 11.8 Å². The highest BCUT2D eigenvalue weighted by Gasteiger charge is 2.19. The summed E-state index contributed by atoms with van der Waals surface area (Å²) >= 11 is 1.41. The van der Waals surface area contributed by atoms with Crippen molar-refractivity contribution >= 4 is 17.5 Å². The summed E-state index contributed by atoms with van der Waals surface area (Å²) in [7, 11) is 0. The van der Waals surface area contributed by atoms with Crippen molar-refractivity contribution in [3.05, 3.63) is 89.0 Å². The molecule has 0 bridgehead atoms. The first-order valence-corrected chi connectivity index (χ1v) is 11.7. The first-order chi connectivity index (χ1) is 16.1. The molecule has 7 heteroatoms. The molecule has 0 N–H and O–H groups in total. The number of Topliss-reactive ketones (excluding diaryl/α,β-unsaturated/α-hetero) is 1. The van der Waals surface area contributed by atoms with E-state index in [1.807, 2.05) is 85.1 Å². The van der Waals surface area contributed by atoms with Crippen LogP contribution < -0.4 is 9.47 Å². The fourth-order valence-electron chi connectivity index (χ4n) is 3.89. The predicted molar refractivity (Wildman–Crippen MR) is 128 cm³/mol. The first-order valence-electron chi connectivity index (χ1n) is 10.7. The minimum absolute atomic E-state index is 0.0800. The van der Waals surface area contributed by atoms with Gasteiger partial charge in [-0.25, -0.2) is 0 Å². The zero-order valence-electron chi connectivity index (χ0n) is 18.4. The summed E-state index contributed by atoms with van der Waals surface area (Å²) in [5.74, 6) is 2.62. The van der Waals surface area contributed by atoms with Crippen LogP contribution in [0, 0.1) is 13.8 Å². The maximum atomic E-state index is 12.9. The van der Waals surface area contributed by atoms with Crippen molar-refractivity contribution in [2.45, 2.75) is 25.5 Å². The average Bonchev–Trinajstić information content (AvgIpc) is 3.45. The Bertz CT molecular complexity index is 1320. The van der Waals surface area contributed by atoms with Gasteiger partial charge in [-0.05, 0) is 37.1 Å². The Morgan fingerprint density at radius 1 is 0.970 bits per heavy atom. The lowest BCUT2D eigenvalue weighted by Gasteiger charge is -2.11. The molecule has 0 amide bonds. The number of nitrogens with zero attached hydrogens (tertiary/aromatic N) is 3. The number of rotatable bonds is 7. The lowest BCUT2D eigenvalue weighted by molar-refractivity contribution is 0.102. The van der Waals surface area contributed by atoms with Crippen molar-refractivity contribution in [1.29, 1.82) is 0 Å². The first kappa shape index (κ1) is 21.3. The Morgan fingerprint density at radius 2 is 1.79 bits per heavy atom. The van der Waals surface area contributed by atoms with Crippen molar-refractivity contribution in [1.82, 2.24) is 14.8 Å². The number of aryl methyl sites for hydroxylation is 2. The molecule has 0 saturated heterocycles. The third-order valence-electron chi connectivity index (χ3n) is 5.54. The highest BCUT2D eigenvalue weighted by Crippen LogP contribution is 2.34. The lowest BCUT2D eigenvalue weighted by atomic mass is 10.0. The third-order valence-corrected chi connectivity index (χ3v) is 6.51. The summed E-state index contributed by atoms with van der Waals surface area (Å²) in [5.41, 5.74) is 4.90. The largest absolute Gasteiger partial charge is 0.454 e. The van der Waals surface area contributed by atoms with E-state index in [-0.39, 0.29) is 18.3 Å². The van der Waals surface area contributed by atoms with Crippen LogP contribution in [0.2, 0.25) is 0 Å². The van der Waals surface area contributed by atoms with Crippen molar-refractivity contribution in [2.24, 2.45) is 0 Å². The fourth-order valence-corrected chi connectivity index (χ4v) is 4.72. The molecule has 4 aromatic rings. The van der Waals surface area contributed by atoms with Crippen molar-refractivity contribution in [3.8, 4) is 22.9 Å². The van der Waals surface area contributed by atoms with E-state index >= 15 is 0 Å². The molecule has 6 nitrogen and oxygen atoms in total. The normalized spacial score (nSPS) is 12.2. The van der Waals surface area contributed by atoms with Crippen LogP contribution in [0.1, 0.15) is 27.0 Å². The van der Waals surface area contributed by atoms with Crippen LogP contribution in [0.3, 0.4) is 0 Å².